The summed E-state index contributed by atoms with van der Waals surface area (Å²) in [6, 6.07) is 8.37. The second-order valence-electron chi connectivity index (χ2n) is 4.05. The van der Waals surface area contributed by atoms with Crippen LogP contribution in [0.3, 0.4) is 0 Å². The van der Waals surface area contributed by atoms with Crippen LogP contribution < -0.4 is 5.32 Å². The average Bonchev–Trinajstić information content (AvgIpc) is 2.47. The predicted octanol–water partition coefficient (Wildman–Crippen LogP) is 1.81. The van der Waals surface area contributed by atoms with Gasteiger partial charge in [0.05, 0.1) is 13.2 Å². The Morgan fingerprint density at radius 1 is 1.42 bits per heavy atom. The molecule has 0 aromatic heterocycles. The van der Waals surface area contributed by atoms with E-state index in [4.69, 9.17) is 4.74 Å². The lowest BCUT2D eigenvalue weighted by Gasteiger charge is -2.20. The minimum Gasteiger partial charge on any atom is -0.468 e. The Balaban J connectivity index is 2.75. The van der Waals surface area contributed by atoms with Crippen LogP contribution in [0.5, 0.6) is 0 Å². The standard InChI is InChI=1S/C14H19NO3S/c1-18-14(17)12(8-9-19-2)15-13(10-16)11-6-4-3-5-7-11/h3-7,10,12-13,15H,8-9H2,1-2H3/t12-,13?/m0/s1. The number of carbonyl (C=O) groups is 2. The molecule has 1 unspecified atom stereocenters. The molecule has 1 N–H and O–H groups in total. The maximum Gasteiger partial charge on any atom is 0.322 e. The Morgan fingerprint density at radius 3 is 2.63 bits per heavy atom. The van der Waals surface area contributed by atoms with Crippen LogP contribution in [-0.4, -0.2) is 37.4 Å². The van der Waals surface area contributed by atoms with Gasteiger partial charge in [0.25, 0.3) is 0 Å². The van der Waals surface area contributed by atoms with Crippen molar-refractivity contribution in [2.45, 2.75) is 18.5 Å². The van der Waals surface area contributed by atoms with Crippen LogP contribution in [0.15, 0.2) is 30.3 Å². The first-order chi connectivity index (χ1) is 9.22. The molecule has 0 aliphatic heterocycles. The van der Waals surface area contributed by atoms with Gasteiger partial charge in [0.2, 0.25) is 0 Å². The minimum atomic E-state index is -0.493. The monoisotopic (exact) mass is 281 g/mol. The summed E-state index contributed by atoms with van der Waals surface area (Å²) in [5, 5.41) is 3.05. The van der Waals surface area contributed by atoms with Crippen molar-refractivity contribution in [3.8, 4) is 0 Å². The third-order valence-corrected chi connectivity index (χ3v) is 3.42. The van der Waals surface area contributed by atoms with Crippen molar-refractivity contribution in [1.82, 2.24) is 5.32 Å². The Labute approximate surface area is 117 Å². The van der Waals surface area contributed by atoms with Crippen molar-refractivity contribution in [3.63, 3.8) is 0 Å². The van der Waals surface area contributed by atoms with E-state index in [2.05, 4.69) is 5.32 Å². The summed E-state index contributed by atoms with van der Waals surface area (Å²) >= 11 is 1.65. The molecule has 0 radical (unpaired) electrons. The zero-order chi connectivity index (χ0) is 14.1. The third kappa shape index (κ3) is 5.04. The highest BCUT2D eigenvalue weighted by Gasteiger charge is 2.22. The van der Waals surface area contributed by atoms with Crippen LogP contribution in [-0.2, 0) is 14.3 Å². The van der Waals surface area contributed by atoms with E-state index in [0.29, 0.717) is 6.42 Å². The van der Waals surface area contributed by atoms with Crippen LogP contribution in [0, 0.1) is 0 Å². The van der Waals surface area contributed by atoms with Gasteiger partial charge in [-0.05, 0) is 24.0 Å². The lowest BCUT2D eigenvalue weighted by atomic mass is 10.1. The van der Waals surface area contributed by atoms with Crippen LogP contribution in [0.25, 0.3) is 0 Å². The molecule has 0 fully saturated rings. The van der Waals surface area contributed by atoms with Gasteiger partial charge in [-0.3, -0.25) is 10.1 Å². The summed E-state index contributed by atoms with van der Waals surface area (Å²) in [5.41, 5.74) is 0.843. The fourth-order valence-corrected chi connectivity index (χ4v) is 2.21. The molecule has 0 saturated carbocycles. The number of ether oxygens (including phenoxy) is 1. The largest absolute Gasteiger partial charge is 0.468 e. The molecule has 2 atom stereocenters. The fraction of sp³-hybridized carbons (Fsp3) is 0.429. The van der Waals surface area contributed by atoms with Crippen LogP contribution in [0.4, 0.5) is 0 Å². The Hall–Kier alpha value is -1.33. The number of carbonyl (C=O) groups excluding carboxylic acids is 2. The first kappa shape index (κ1) is 15.7. The van der Waals surface area contributed by atoms with Gasteiger partial charge in [0.1, 0.15) is 12.3 Å². The number of benzene rings is 1. The highest BCUT2D eigenvalue weighted by Crippen LogP contribution is 2.13. The van der Waals surface area contributed by atoms with E-state index in [-0.39, 0.29) is 5.97 Å². The zero-order valence-corrected chi connectivity index (χ0v) is 12.0. The van der Waals surface area contributed by atoms with Gasteiger partial charge in [-0.2, -0.15) is 11.8 Å². The molecule has 0 aliphatic rings. The summed E-state index contributed by atoms with van der Waals surface area (Å²) in [7, 11) is 1.36. The summed E-state index contributed by atoms with van der Waals surface area (Å²) in [6.07, 6.45) is 3.41. The average molecular weight is 281 g/mol. The van der Waals surface area contributed by atoms with Gasteiger partial charge in [-0.1, -0.05) is 30.3 Å². The molecule has 5 heteroatoms. The maximum absolute atomic E-state index is 11.7. The molecule has 0 heterocycles. The molecule has 0 bridgehead atoms. The molecule has 0 amide bonds. The van der Waals surface area contributed by atoms with Gasteiger partial charge in [0.15, 0.2) is 0 Å². The Morgan fingerprint density at radius 2 is 2.11 bits per heavy atom. The Bertz CT molecular complexity index is 397. The highest BCUT2D eigenvalue weighted by atomic mass is 32.2. The van der Waals surface area contributed by atoms with E-state index in [1.807, 2.05) is 36.6 Å². The number of rotatable bonds is 8. The van der Waals surface area contributed by atoms with Crippen molar-refractivity contribution in [2.24, 2.45) is 0 Å². The second kappa shape index (κ2) is 8.72. The van der Waals surface area contributed by atoms with Crippen molar-refractivity contribution < 1.29 is 14.3 Å². The quantitative estimate of drug-likeness (QED) is 0.582. The predicted molar refractivity (Wildman–Crippen MR) is 77.2 cm³/mol. The number of thioether (sulfide) groups is 1. The summed E-state index contributed by atoms with van der Waals surface area (Å²) in [4.78, 5) is 22.9. The molecular formula is C14H19NO3S. The minimum absolute atomic E-state index is 0.336. The van der Waals surface area contributed by atoms with Crippen LogP contribution in [0.1, 0.15) is 18.0 Å². The second-order valence-corrected chi connectivity index (χ2v) is 5.03. The number of hydrogen-bond donors (Lipinski definition) is 1. The van der Waals surface area contributed by atoms with Crippen LogP contribution in [0.2, 0.25) is 0 Å². The topological polar surface area (TPSA) is 55.4 Å². The van der Waals surface area contributed by atoms with Crippen molar-refractivity contribution in [1.29, 1.82) is 0 Å². The smallest absolute Gasteiger partial charge is 0.322 e. The van der Waals surface area contributed by atoms with Crippen molar-refractivity contribution in [3.05, 3.63) is 35.9 Å². The number of aldehydes is 1. The SMILES string of the molecule is COC(=O)[C@H](CCSC)NC(C=O)c1ccccc1. The molecule has 0 spiro atoms. The van der Waals surface area contributed by atoms with E-state index in [1.165, 1.54) is 7.11 Å². The lowest BCUT2D eigenvalue weighted by Crippen LogP contribution is -2.41. The first-order valence-electron chi connectivity index (χ1n) is 6.06. The van der Waals surface area contributed by atoms with E-state index < -0.39 is 12.1 Å². The normalized spacial score (nSPS) is 13.6. The van der Waals surface area contributed by atoms with E-state index in [0.717, 1.165) is 17.6 Å². The van der Waals surface area contributed by atoms with Gasteiger partial charge in [-0.25, -0.2) is 0 Å². The van der Waals surface area contributed by atoms with Crippen molar-refractivity contribution >= 4 is 24.0 Å². The maximum atomic E-state index is 11.7. The molecule has 19 heavy (non-hydrogen) atoms. The fourth-order valence-electron chi connectivity index (χ4n) is 1.74. The number of esters is 1. The zero-order valence-electron chi connectivity index (χ0n) is 11.2. The molecule has 4 nitrogen and oxygen atoms in total. The highest BCUT2D eigenvalue weighted by molar-refractivity contribution is 7.98. The van der Waals surface area contributed by atoms with Crippen molar-refractivity contribution in [2.75, 3.05) is 19.1 Å². The third-order valence-electron chi connectivity index (χ3n) is 2.77. The van der Waals surface area contributed by atoms with Gasteiger partial charge in [0, 0.05) is 0 Å². The molecule has 0 aliphatic carbocycles. The number of hydrogen-bond acceptors (Lipinski definition) is 5. The molecule has 1 rings (SSSR count). The van der Waals surface area contributed by atoms with Gasteiger partial charge < -0.3 is 9.53 Å². The Kier molecular flexibility index (Phi) is 7.22. The molecule has 1 aromatic carbocycles. The molecule has 1 aromatic rings. The molecular weight excluding hydrogens is 262 g/mol. The number of methoxy groups -OCH3 is 1. The van der Waals surface area contributed by atoms with E-state index in [9.17, 15) is 9.59 Å². The van der Waals surface area contributed by atoms with E-state index in [1.54, 1.807) is 11.8 Å². The van der Waals surface area contributed by atoms with Crippen LogP contribution >= 0.6 is 11.8 Å². The molecule has 0 saturated heterocycles. The van der Waals surface area contributed by atoms with Gasteiger partial charge in [-0.15, -0.1) is 0 Å². The molecule has 104 valence electrons. The van der Waals surface area contributed by atoms with E-state index >= 15 is 0 Å². The summed E-state index contributed by atoms with van der Waals surface area (Å²) < 4.78 is 4.76. The summed E-state index contributed by atoms with van der Waals surface area (Å²) in [6.45, 7) is 0. The first-order valence-corrected chi connectivity index (χ1v) is 7.45. The lowest BCUT2D eigenvalue weighted by molar-refractivity contribution is -0.143. The number of nitrogens with one attached hydrogen (secondary N) is 1. The van der Waals surface area contributed by atoms with Gasteiger partial charge >= 0.3 is 5.97 Å². The summed E-state index contributed by atoms with van der Waals surface area (Å²) in [5.74, 6) is 0.490.